The summed E-state index contributed by atoms with van der Waals surface area (Å²) in [6.07, 6.45) is 1.45. The van der Waals surface area contributed by atoms with Crippen LogP contribution in [0.1, 0.15) is 18.5 Å². The Morgan fingerprint density at radius 3 is 2.38 bits per heavy atom. The number of sulfonamides is 1. The molecule has 0 radical (unpaired) electrons. The summed E-state index contributed by atoms with van der Waals surface area (Å²) < 4.78 is 27.2. The molecule has 1 fully saturated rings. The van der Waals surface area contributed by atoms with Crippen LogP contribution in [0.4, 0.5) is 5.82 Å². The monoisotopic (exact) mass is 410 g/mol. The predicted molar refractivity (Wildman–Crippen MR) is 116 cm³/mol. The van der Waals surface area contributed by atoms with E-state index in [0.717, 1.165) is 18.7 Å². The van der Waals surface area contributed by atoms with Crippen LogP contribution in [0.25, 0.3) is 10.8 Å². The standard InChI is InChI=1S/C22H26N4O2S/c1-17(19-8-7-18-5-3-4-6-20(18)15-19)24-22-10-9-21(16-23-22)29(27,28)26-13-11-25(2)12-14-26/h3-10,15-17H,11-14H2,1-2H3,(H,23,24). The summed E-state index contributed by atoms with van der Waals surface area (Å²) in [5, 5.41) is 5.76. The summed E-state index contributed by atoms with van der Waals surface area (Å²) in [4.78, 5) is 6.73. The maximum absolute atomic E-state index is 12.8. The van der Waals surface area contributed by atoms with Crippen molar-refractivity contribution in [2.24, 2.45) is 0 Å². The lowest BCUT2D eigenvalue weighted by atomic mass is 10.0. The quantitative estimate of drug-likeness (QED) is 0.699. The van der Waals surface area contributed by atoms with Gasteiger partial charge in [0.05, 0.1) is 0 Å². The highest BCUT2D eigenvalue weighted by Gasteiger charge is 2.27. The van der Waals surface area contributed by atoms with Gasteiger partial charge in [0.25, 0.3) is 0 Å². The highest BCUT2D eigenvalue weighted by molar-refractivity contribution is 7.89. The van der Waals surface area contributed by atoms with E-state index < -0.39 is 10.0 Å². The number of hydrogen-bond donors (Lipinski definition) is 1. The van der Waals surface area contributed by atoms with Gasteiger partial charge in [0.15, 0.2) is 0 Å². The molecule has 0 spiro atoms. The molecule has 3 aromatic rings. The fraction of sp³-hybridized carbons (Fsp3) is 0.318. The number of fused-ring (bicyclic) bond motifs is 1. The van der Waals surface area contributed by atoms with Crippen LogP contribution in [0.2, 0.25) is 0 Å². The van der Waals surface area contributed by atoms with E-state index in [9.17, 15) is 8.42 Å². The van der Waals surface area contributed by atoms with Gasteiger partial charge < -0.3 is 10.2 Å². The van der Waals surface area contributed by atoms with E-state index in [-0.39, 0.29) is 10.9 Å². The lowest BCUT2D eigenvalue weighted by molar-refractivity contribution is 0.222. The molecule has 2 aromatic carbocycles. The molecule has 1 aliphatic heterocycles. The lowest BCUT2D eigenvalue weighted by Gasteiger charge is -2.31. The number of aromatic nitrogens is 1. The SMILES string of the molecule is CC(Nc1ccc(S(=O)(=O)N2CCN(C)CC2)cn1)c1ccc2ccccc2c1. The zero-order chi connectivity index (χ0) is 20.4. The fourth-order valence-electron chi connectivity index (χ4n) is 3.58. The largest absolute Gasteiger partial charge is 0.364 e. The van der Waals surface area contributed by atoms with Gasteiger partial charge in [-0.3, -0.25) is 0 Å². The summed E-state index contributed by atoms with van der Waals surface area (Å²) in [5.74, 6) is 0.656. The second-order valence-electron chi connectivity index (χ2n) is 7.56. The number of anilines is 1. The molecule has 6 nitrogen and oxygen atoms in total. The van der Waals surface area contributed by atoms with Crippen molar-refractivity contribution >= 4 is 26.6 Å². The molecule has 7 heteroatoms. The molecule has 0 aliphatic carbocycles. The molecule has 1 aromatic heterocycles. The molecule has 0 bridgehead atoms. The molecule has 152 valence electrons. The van der Waals surface area contributed by atoms with E-state index in [2.05, 4.69) is 52.5 Å². The van der Waals surface area contributed by atoms with Crippen molar-refractivity contribution in [3.8, 4) is 0 Å². The zero-order valence-corrected chi connectivity index (χ0v) is 17.6. The van der Waals surface area contributed by atoms with Gasteiger partial charge >= 0.3 is 0 Å². The Hall–Kier alpha value is -2.48. The van der Waals surface area contributed by atoms with Gasteiger partial charge in [0.1, 0.15) is 10.7 Å². The molecule has 29 heavy (non-hydrogen) atoms. The van der Waals surface area contributed by atoms with Gasteiger partial charge in [0.2, 0.25) is 10.0 Å². The number of rotatable bonds is 5. The summed E-state index contributed by atoms with van der Waals surface area (Å²) in [7, 11) is -1.49. The average Bonchev–Trinajstić information content (AvgIpc) is 2.74. The van der Waals surface area contributed by atoms with E-state index >= 15 is 0 Å². The van der Waals surface area contributed by atoms with Gasteiger partial charge in [-0.05, 0) is 48.5 Å². The van der Waals surface area contributed by atoms with Crippen LogP contribution in [0, 0.1) is 0 Å². The third kappa shape index (κ3) is 4.27. The Labute approximate surface area is 172 Å². The third-order valence-electron chi connectivity index (χ3n) is 5.47. The molecule has 1 aliphatic rings. The molecule has 1 unspecified atom stereocenters. The Bertz CT molecular complexity index is 1090. The maximum Gasteiger partial charge on any atom is 0.244 e. The van der Waals surface area contributed by atoms with Gasteiger partial charge in [0, 0.05) is 38.4 Å². The number of piperazine rings is 1. The first kappa shape index (κ1) is 19.8. The van der Waals surface area contributed by atoms with E-state index in [4.69, 9.17) is 0 Å². The minimum Gasteiger partial charge on any atom is -0.364 e. The topological polar surface area (TPSA) is 65.5 Å². The molecule has 1 saturated heterocycles. The number of pyridine rings is 1. The molecule has 1 atom stereocenters. The second-order valence-corrected chi connectivity index (χ2v) is 9.50. The number of nitrogens with zero attached hydrogens (tertiary/aromatic N) is 3. The minimum atomic E-state index is -3.49. The molecule has 4 rings (SSSR count). The minimum absolute atomic E-state index is 0.0483. The van der Waals surface area contributed by atoms with E-state index in [1.54, 1.807) is 12.1 Å². The van der Waals surface area contributed by atoms with Gasteiger partial charge in [-0.25, -0.2) is 13.4 Å². The van der Waals surface area contributed by atoms with Gasteiger partial charge in [-0.2, -0.15) is 4.31 Å². The number of likely N-dealkylation sites (N-methyl/N-ethyl adjacent to an activating group) is 1. The third-order valence-corrected chi connectivity index (χ3v) is 7.36. The van der Waals surface area contributed by atoms with Gasteiger partial charge in [-0.15, -0.1) is 0 Å². The van der Waals surface area contributed by atoms with Crippen molar-refractivity contribution < 1.29 is 8.42 Å². The van der Waals surface area contributed by atoms with Crippen LogP contribution >= 0.6 is 0 Å². The first-order valence-electron chi connectivity index (χ1n) is 9.83. The van der Waals surface area contributed by atoms with Crippen molar-refractivity contribution in [3.63, 3.8) is 0 Å². The summed E-state index contributed by atoms with van der Waals surface area (Å²) in [5.41, 5.74) is 1.15. The predicted octanol–water partition coefficient (Wildman–Crippen LogP) is 3.34. The van der Waals surface area contributed by atoms with Crippen LogP contribution < -0.4 is 5.32 Å². The van der Waals surface area contributed by atoms with Crippen LogP contribution in [0.3, 0.4) is 0 Å². The fourth-order valence-corrected chi connectivity index (χ4v) is 4.95. The second kappa shape index (κ2) is 8.10. The van der Waals surface area contributed by atoms with Crippen molar-refractivity contribution in [1.29, 1.82) is 0 Å². The van der Waals surface area contributed by atoms with Crippen molar-refractivity contribution in [2.75, 3.05) is 38.5 Å². The first-order valence-corrected chi connectivity index (χ1v) is 11.3. The molecular weight excluding hydrogens is 384 g/mol. The van der Waals surface area contributed by atoms with Gasteiger partial charge in [-0.1, -0.05) is 36.4 Å². The molecule has 2 heterocycles. The zero-order valence-electron chi connectivity index (χ0n) is 16.7. The number of nitrogens with one attached hydrogen (secondary N) is 1. The smallest absolute Gasteiger partial charge is 0.244 e. The summed E-state index contributed by atoms with van der Waals surface area (Å²) in [6.45, 7) is 4.58. The lowest BCUT2D eigenvalue weighted by Crippen LogP contribution is -2.47. The number of hydrogen-bond acceptors (Lipinski definition) is 5. The Morgan fingerprint density at radius 1 is 0.966 bits per heavy atom. The van der Waals surface area contributed by atoms with E-state index in [1.165, 1.54) is 21.3 Å². The van der Waals surface area contributed by atoms with Crippen LogP contribution in [0.5, 0.6) is 0 Å². The van der Waals surface area contributed by atoms with Crippen LogP contribution in [0.15, 0.2) is 65.7 Å². The Kier molecular flexibility index (Phi) is 5.54. The van der Waals surface area contributed by atoms with Crippen molar-refractivity contribution in [1.82, 2.24) is 14.2 Å². The molecule has 0 saturated carbocycles. The highest BCUT2D eigenvalue weighted by Crippen LogP contribution is 2.24. The molecular formula is C22H26N4O2S. The molecule has 0 amide bonds. The van der Waals surface area contributed by atoms with Crippen LogP contribution in [-0.2, 0) is 10.0 Å². The Balaban J connectivity index is 1.47. The average molecular weight is 411 g/mol. The summed E-state index contributed by atoms with van der Waals surface area (Å²) >= 11 is 0. The first-order chi connectivity index (χ1) is 13.9. The van der Waals surface area contributed by atoms with E-state index in [0.29, 0.717) is 18.9 Å². The normalized spacial score (nSPS) is 17.3. The maximum atomic E-state index is 12.8. The Morgan fingerprint density at radius 2 is 1.69 bits per heavy atom. The highest BCUT2D eigenvalue weighted by atomic mass is 32.2. The van der Waals surface area contributed by atoms with Crippen molar-refractivity contribution in [2.45, 2.75) is 17.9 Å². The van der Waals surface area contributed by atoms with E-state index in [1.807, 2.05) is 19.2 Å². The molecule has 1 N–H and O–H groups in total. The summed E-state index contributed by atoms with van der Waals surface area (Å²) in [6, 6.07) is 18.1. The van der Waals surface area contributed by atoms with Crippen molar-refractivity contribution in [3.05, 3.63) is 66.4 Å². The van der Waals surface area contributed by atoms with Crippen LogP contribution in [-0.4, -0.2) is 55.8 Å². The number of benzene rings is 2.